The number of nitrogens with two attached hydrogens (primary N) is 1. The van der Waals surface area contributed by atoms with Crippen LogP contribution in [-0.2, 0) is 9.53 Å². The zero-order chi connectivity index (χ0) is 11.1. The number of hydrogen-bond donors (Lipinski definition) is 2. The van der Waals surface area contributed by atoms with E-state index < -0.39 is 0 Å². The van der Waals surface area contributed by atoms with Gasteiger partial charge in [-0.2, -0.15) is 0 Å². The lowest BCUT2D eigenvalue weighted by Crippen LogP contribution is -2.28. The summed E-state index contributed by atoms with van der Waals surface area (Å²) in [6, 6.07) is 3.45. The molecule has 1 heterocycles. The summed E-state index contributed by atoms with van der Waals surface area (Å²) in [6.07, 6.45) is 3.26. The van der Waals surface area contributed by atoms with E-state index >= 15 is 0 Å². The highest BCUT2D eigenvalue weighted by molar-refractivity contribution is 5.90. The second kappa shape index (κ2) is 10.3. The first-order valence-corrected chi connectivity index (χ1v) is 4.69. The highest BCUT2D eigenvalue weighted by Crippen LogP contribution is 2.05. The number of hydrogen-bond acceptors (Lipinski definition) is 4. The Morgan fingerprint density at radius 1 is 1.47 bits per heavy atom. The molecular formula is C10H17Cl2N3O2. The van der Waals surface area contributed by atoms with E-state index in [0.717, 1.165) is 5.69 Å². The maximum absolute atomic E-state index is 11.5. The van der Waals surface area contributed by atoms with E-state index in [0.29, 0.717) is 6.54 Å². The smallest absolute Gasteiger partial charge is 0.227 e. The van der Waals surface area contributed by atoms with Crippen molar-refractivity contribution in [3.63, 3.8) is 0 Å². The van der Waals surface area contributed by atoms with Gasteiger partial charge in [0.25, 0.3) is 0 Å². The zero-order valence-corrected chi connectivity index (χ0v) is 11.1. The molecule has 0 aliphatic rings. The third-order valence-corrected chi connectivity index (χ3v) is 1.97. The van der Waals surface area contributed by atoms with E-state index in [1.807, 2.05) is 0 Å². The average Bonchev–Trinajstić information content (AvgIpc) is 2.27. The number of amides is 1. The fraction of sp³-hybridized carbons (Fsp3) is 0.400. The molecule has 1 rings (SSSR count). The molecule has 3 N–H and O–H groups in total. The van der Waals surface area contributed by atoms with Crippen LogP contribution in [0.5, 0.6) is 0 Å². The van der Waals surface area contributed by atoms with Gasteiger partial charge in [-0.25, -0.2) is 0 Å². The van der Waals surface area contributed by atoms with Gasteiger partial charge in [-0.3, -0.25) is 9.78 Å². The van der Waals surface area contributed by atoms with Crippen LogP contribution < -0.4 is 11.1 Å². The standard InChI is InChI=1S/C10H15N3O2.2ClH/c1-15-9(7-11)6-10(14)13-8-2-4-12-5-3-8;;/h2-5,9H,6-7,11H2,1H3,(H,12,13,14);2*1H. The summed E-state index contributed by atoms with van der Waals surface area (Å²) in [5.41, 5.74) is 6.13. The highest BCUT2D eigenvalue weighted by Gasteiger charge is 2.11. The molecule has 1 amide bonds. The molecule has 0 aliphatic heterocycles. The fourth-order valence-corrected chi connectivity index (χ4v) is 1.12. The molecular weight excluding hydrogens is 265 g/mol. The molecule has 0 saturated heterocycles. The number of aromatic nitrogens is 1. The Balaban J connectivity index is 0. The van der Waals surface area contributed by atoms with Gasteiger partial charge in [0.05, 0.1) is 12.5 Å². The number of nitrogens with one attached hydrogen (secondary N) is 1. The van der Waals surface area contributed by atoms with E-state index in [-0.39, 0.29) is 43.2 Å². The molecule has 0 bridgehead atoms. The van der Waals surface area contributed by atoms with Crippen molar-refractivity contribution in [3.05, 3.63) is 24.5 Å². The van der Waals surface area contributed by atoms with Gasteiger partial charge >= 0.3 is 0 Å². The molecule has 0 radical (unpaired) electrons. The Morgan fingerprint density at radius 3 is 2.53 bits per heavy atom. The molecule has 0 fully saturated rings. The first-order chi connectivity index (χ1) is 7.26. The number of carbonyl (C=O) groups excluding carboxylic acids is 1. The number of ether oxygens (including phenoxy) is 1. The van der Waals surface area contributed by atoms with Crippen molar-refractivity contribution in [1.82, 2.24) is 4.98 Å². The average molecular weight is 282 g/mol. The van der Waals surface area contributed by atoms with Gasteiger partial charge in [-0.05, 0) is 12.1 Å². The lowest BCUT2D eigenvalue weighted by Gasteiger charge is -2.12. The zero-order valence-electron chi connectivity index (χ0n) is 9.46. The second-order valence-corrected chi connectivity index (χ2v) is 3.08. The molecule has 1 atom stereocenters. The van der Waals surface area contributed by atoms with Gasteiger partial charge in [0.1, 0.15) is 0 Å². The fourth-order valence-electron chi connectivity index (χ4n) is 1.12. The van der Waals surface area contributed by atoms with Crippen LogP contribution in [0.2, 0.25) is 0 Å². The van der Waals surface area contributed by atoms with E-state index in [1.54, 1.807) is 24.5 Å². The molecule has 0 saturated carbocycles. The lowest BCUT2D eigenvalue weighted by atomic mass is 10.2. The van der Waals surface area contributed by atoms with Crippen LogP contribution in [0.1, 0.15) is 6.42 Å². The molecule has 5 nitrogen and oxygen atoms in total. The van der Waals surface area contributed by atoms with Crippen molar-refractivity contribution in [3.8, 4) is 0 Å². The number of halogens is 2. The van der Waals surface area contributed by atoms with Crippen LogP contribution in [0.15, 0.2) is 24.5 Å². The molecule has 17 heavy (non-hydrogen) atoms. The maximum Gasteiger partial charge on any atom is 0.227 e. The second-order valence-electron chi connectivity index (χ2n) is 3.08. The van der Waals surface area contributed by atoms with E-state index in [9.17, 15) is 4.79 Å². The summed E-state index contributed by atoms with van der Waals surface area (Å²) in [7, 11) is 1.54. The molecule has 1 aromatic heterocycles. The monoisotopic (exact) mass is 281 g/mol. The Hall–Kier alpha value is -0.880. The van der Waals surface area contributed by atoms with Crippen LogP contribution in [0.4, 0.5) is 5.69 Å². The molecule has 0 aromatic carbocycles. The minimum atomic E-state index is -0.230. The van der Waals surface area contributed by atoms with E-state index in [2.05, 4.69) is 10.3 Å². The van der Waals surface area contributed by atoms with Gasteiger partial charge in [0.2, 0.25) is 5.91 Å². The third-order valence-electron chi connectivity index (χ3n) is 1.97. The predicted molar refractivity (Wildman–Crippen MR) is 71.8 cm³/mol. The molecule has 7 heteroatoms. The largest absolute Gasteiger partial charge is 0.380 e. The topological polar surface area (TPSA) is 77.2 Å². The van der Waals surface area contributed by atoms with Crippen molar-refractivity contribution in [1.29, 1.82) is 0 Å². The normalized spacial score (nSPS) is 10.7. The van der Waals surface area contributed by atoms with Gasteiger partial charge in [0, 0.05) is 31.7 Å². The molecule has 0 spiro atoms. The van der Waals surface area contributed by atoms with Crippen molar-refractivity contribution in [2.24, 2.45) is 5.73 Å². The number of methoxy groups -OCH3 is 1. The van der Waals surface area contributed by atoms with Gasteiger partial charge in [-0.15, -0.1) is 24.8 Å². The van der Waals surface area contributed by atoms with Crippen LogP contribution in [0.25, 0.3) is 0 Å². The van der Waals surface area contributed by atoms with E-state index in [4.69, 9.17) is 10.5 Å². The van der Waals surface area contributed by atoms with Crippen LogP contribution in [0.3, 0.4) is 0 Å². The van der Waals surface area contributed by atoms with Crippen LogP contribution in [-0.4, -0.2) is 30.6 Å². The first-order valence-electron chi connectivity index (χ1n) is 4.69. The summed E-state index contributed by atoms with van der Waals surface area (Å²) in [4.78, 5) is 15.3. The molecule has 1 aromatic rings. The minimum absolute atomic E-state index is 0. The Kier molecular flexibility index (Phi) is 11.2. The Morgan fingerprint density at radius 2 is 2.06 bits per heavy atom. The number of carbonyl (C=O) groups is 1. The van der Waals surface area contributed by atoms with Gasteiger partial charge in [0.15, 0.2) is 0 Å². The first kappa shape index (κ1) is 18.5. The maximum atomic E-state index is 11.5. The number of rotatable bonds is 5. The summed E-state index contributed by atoms with van der Waals surface area (Å²) in [5.74, 6) is -0.112. The van der Waals surface area contributed by atoms with Gasteiger partial charge < -0.3 is 15.8 Å². The predicted octanol–water partition coefficient (Wildman–Crippen LogP) is 1.23. The third kappa shape index (κ3) is 7.12. The molecule has 98 valence electrons. The molecule has 0 aliphatic carbocycles. The number of anilines is 1. The highest BCUT2D eigenvalue weighted by atomic mass is 35.5. The number of nitrogens with zero attached hydrogens (tertiary/aromatic N) is 1. The molecule has 1 unspecified atom stereocenters. The SMILES string of the molecule is COC(CN)CC(=O)Nc1ccncc1.Cl.Cl. The quantitative estimate of drug-likeness (QED) is 0.851. The Labute approximate surface area is 113 Å². The lowest BCUT2D eigenvalue weighted by molar-refractivity contribution is -0.118. The summed E-state index contributed by atoms with van der Waals surface area (Å²) in [5, 5.41) is 2.73. The Bertz CT molecular complexity index is 308. The summed E-state index contributed by atoms with van der Waals surface area (Å²) >= 11 is 0. The van der Waals surface area contributed by atoms with E-state index in [1.165, 1.54) is 7.11 Å². The van der Waals surface area contributed by atoms with Crippen LogP contribution >= 0.6 is 24.8 Å². The van der Waals surface area contributed by atoms with Gasteiger partial charge in [-0.1, -0.05) is 0 Å². The van der Waals surface area contributed by atoms with Crippen molar-refractivity contribution in [2.75, 3.05) is 19.0 Å². The van der Waals surface area contributed by atoms with Crippen molar-refractivity contribution < 1.29 is 9.53 Å². The van der Waals surface area contributed by atoms with Crippen molar-refractivity contribution >= 4 is 36.4 Å². The van der Waals surface area contributed by atoms with Crippen molar-refractivity contribution in [2.45, 2.75) is 12.5 Å². The summed E-state index contributed by atoms with van der Waals surface area (Å²) in [6.45, 7) is 0.334. The summed E-state index contributed by atoms with van der Waals surface area (Å²) < 4.78 is 5.01. The van der Waals surface area contributed by atoms with Crippen LogP contribution in [0, 0.1) is 0 Å². The minimum Gasteiger partial charge on any atom is -0.380 e. The number of pyridine rings is 1.